The molecule has 0 bridgehead atoms. The molecule has 0 saturated heterocycles. The summed E-state index contributed by atoms with van der Waals surface area (Å²) < 4.78 is 0. The molecule has 0 fully saturated rings. The lowest BCUT2D eigenvalue weighted by Gasteiger charge is -2.15. The smallest absolute Gasteiger partial charge is 0.152 e. The number of carbonyl (C=O) groups excluding carboxylic acids is 1. The molecule has 14 heavy (non-hydrogen) atoms. The van der Waals surface area contributed by atoms with E-state index in [1.165, 1.54) is 0 Å². The second-order valence-corrected chi connectivity index (χ2v) is 3.98. The van der Waals surface area contributed by atoms with E-state index >= 15 is 0 Å². The highest BCUT2D eigenvalue weighted by molar-refractivity contribution is 5.85. The summed E-state index contributed by atoms with van der Waals surface area (Å²) in [6.45, 7) is 4.74. The highest BCUT2D eigenvalue weighted by Crippen LogP contribution is 2.11. The van der Waals surface area contributed by atoms with E-state index in [1.54, 1.807) is 0 Å². The largest absolute Gasteiger partial charge is 0.330 e. The van der Waals surface area contributed by atoms with Crippen LogP contribution in [0.15, 0.2) is 0 Å². The highest BCUT2D eigenvalue weighted by atomic mass is 16.1. The van der Waals surface area contributed by atoms with E-state index in [1.807, 2.05) is 6.92 Å². The first kappa shape index (κ1) is 13.6. The fraction of sp³-hybridized carbons (Fsp3) is 0.909. The van der Waals surface area contributed by atoms with Crippen LogP contribution in [0.25, 0.3) is 0 Å². The summed E-state index contributed by atoms with van der Waals surface area (Å²) >= 11 is 0. The molecule has 0 aliphatic carbocycles. The Labute approximate surface area is 87.2 Å². The average molecular weight is 200 g/mol. The van der Waals surface area contributed by atoms with E-state index in [0.29, 0.717) is 6.54 Å². The maximum absolute atomic E-state index is 11.7. The van der Waals surface area contributed by atoms with Gasteiger partial charge in [-0.15, -0.1) is 0 Å². The van der Waals surface area contributed by atoms with Gasteiger partial charge in [-0.3, -0.25) is 4.79 Å². The van der Waals surface area contributed by atoms with E-state index in [4.69, 9.17) is 11.5 Å². The highest BCUT2D eigenvalue weighted by Gasteiger charge is 2.18. The maximum Gasteiger partial charge on any atom is 0.152 e. The molecule has 0 spiro atoms. The number of rotatable bonds is 8. The number of hydrogen-bond donors (Lipinski definition) is 2. The first-order chi connectivity index (χ1) is 6.63. The van der Waals surface area contributed by atoms with Crippen molar-refractivity contribution in [1.82, 2.24) is 0 Å². The molecule has 0 saturated carbocycles. The first-order valence-electron chi connectivity index (χ1n) is 5.62. The van der Waals surface area contributed by atoms with Gasteiger partial charge in [0.05, 0.1) is 6.04 Å². The zero-order valence-electron chi connectivity index (χ0n) is 9.46. The van der Waals surface area contributed by atoms with Crippen molar-refractivity contribution in [2.75, 3.05) is 6.54 Å². The molecule has 0 heterocycles. The molecule has 0 aromatic heterocycles. The van der Waals surface area contributed by atoms with Crippen LogP contribution in [-0.2, 0) is 4.79 Å². The number of hydrogen-bond acceptors (Lipinski definition) is 3. The lowest BCUT2D eigenvalue weighted by atomic mass is 9.93. The SMILES string of the molecule is CCCC(C)C(=O)[C@@H](N)CCCCN. The van der Waals surface area contributed by atoms with Gasteiger partial charge in [0.1, 0.15) is 0 Å². The van der Waals surface area contributed by atoms with Crippen LogP contribution in [0, 0.1) is 5.92 Å². The van der Waals surface area contributed by atoms with Gasteiger partial charge in [-0.2, -0.15) is 0 Å². The molecule has 0 amide bonds. The average Bonchev–Trinajstić information content (AvgIpc) is 2.17. The van der Waals surface area contributed by atoms with Crippen LogP contribution in [0.2, 0.25) is 0 Å². The molecule has 3 nitrogen and oxygen atoms in total. The fourth-order valence-corrected chi connectivity index (χ4v) is 1.59. The molecule has 0 aromatic rings. The molecule has 3 heteroatoms. The van der Waals surface area contributed by atoms with Crippen molar-refractivity contribution in [2.45, 2.75) is 52.0 Å². The fourth-order valence-electron chi connectivity index (χ4n) is 1.59. The monoisotopic (exact) mass is 200 g/mol. The molecule has 84 valence electrons. The summed E-state index contributed by atoms with van der Waals surface area (Å²) in [6.07, 6.45) is 4.70. The van der Waals surface area contributed by atoms with Crippen molar-refractivity contribution >= 4 is 5.78 Å². The third-order valence-electron chi connectivity index (χ3n) is 2.54. The Hall–Kier alpha value is -0.410. The van der Waals surface area contributed by atoms with E-state index in [-0.39, 0.29) is 17.7 Å². The Morgan fingerprint density at radius 2 is 1.93 bits per heavy atom. The van der Waals surface area contributed by atoms with Crippen molar-refractivity contribution in [3.8, 4) is 0 Å². The molecule has 4 N–H and O–H groups in total. The third kappa shape index (κ3) is 5.35. The number of Topliss-reactive ketones (excluding diaryl/α,β-unsaturated/α-hetero) is 1. The van der Waals surface area contributed by atoms with Gasteiger partial charge >= 0.3 is 0 Å². The number of carbonyl (C=O) groups is 1. The summed E-state index contributed by atoms with van der Waals surface area (Å²) in [4.78, 5) is 11.7. The Kier molecular flexibility index (Phi) is 7.71. The van der Waals surface area contributed by atoms with Gasteiger partial charge in [0.25, 0.3) is 0 Å². The van der Waals surface area contributed by atoms with Crippen molar-refractivity contribution in [2.24, 2.45) is 17.4 Å². The van der Waals surface area contributed by atoms with Crippen LogP contribution < -0.4 is 11.5 Å². The molecule has 0 aliphatic rings. The van der Waals surface area contributed by atoms with Crippen LogP contribution >= 0.6 is 0 Å². The maximum atomic E-state index is 11.7. The van der Waals surface area contributed by atoms with Crippen LogP contribution in [0.4, 0.5) is 0 Å². The van der Waals surface area contributed by atoms with Gasteiger partial charge in [-0.25, -0.2) is 0 Å². The molecule has 0 aliphatic heterocycles. The van der Waals surface area contributed by atoms with E-state index in [2.05, 4.69) is 6.92 Å². The number of nitrogens with two attached hydrogens (primary N) is 2. The Morgan fingerprint density at radius 1 is 1.29 bits per heavy atom. The van der Waals surface area contributed by atoms with Gasteiger partial charge < -0.3 is 11.5 Å². The zero-order chi connectivity index (χ0) is 11.0. The van der Waals surface area contributed by atoms with Crippen LogP contribution in [0.5, 0.6) is 0 Å². The van der Waals surface area contributed by atoms with Crippen molar-refractivity contribution < 1.29 is 4.79 Å². The van der Waals surface area contributed by atoms with E-state index in [9.17, 15) is 4.79 Å². The predicted octanol–water partition coefficient (Wildman–Crippen LogP) is 1.45. The first-order valence-corrected chi connectivity index (χ1v) is 5.62. The van der Waals surface area contributed by atoms with Gasteiger partial charge in [0.2, 0.25) is 0 Å². The Balaban J connectivity index is 3.74. The van der Waals surface area contributed by atoms with Crippen molar-refractivity contribution in [3.63, 3.8) is 0 Å². The lowest BCUT2D eigenvalue weighted by Crippen LogP contribution is -2.34. The van der Waals surface area contributed by atoms with E-state index < -0.39 is 0 Å². The number of ketones is 1. The molecular weight excluding hydrogens is 176 g/mol. The van der Waals surface area contributed by atoms with Gasteiger partial charge in [0, 0.05) is 5.92 Å². The summed E-state index contributed by atoms with van der Waals surface area (Å²) in [7, 11) is 0. The topological polar surface area (TPSA) is 69.1 Å². The van der Waals surface area contributed by atoms with Gasteiger partial charge in [-0.05, 0) is 25.8 Å². The third-order valence-corrected chi connectivity index (χ3v) is 2.54. The molecule has 0 rings (SSSR count). The van der Waals surface area contributed by atoms with Gasteiger partial charge in [0.15, 0.2) is 5.78 Å². The Bertz CT molecular complexity index is 159. The second kappa shape index (κ2) is 7.94. The minimum absolute atomic E-state index is 0.118. The van der Waals surface area contributed by atoms with Crippen LogP contribution in [0.1, 0.15) is 46.0 Å². The van der Waals surface area contributed by atoms with Crippen LogP contribution in [-0.4, -0.2) is 18.4 Å². The molecule has 0 aromatic carbocycles. The summed E-state index contributed by atoms with van der Waals surface area (Å²) in [6, 6.07) is -0.275. The quantitative estimate of drug-likeness (QED) is 0.583. The summed E-state index contributed by atoms with van der Waals surface area (Å²) in [5.74, 6) is 0.330. The van der Waals surface area contributed by atoms with Crippen LogP contribution in [0.3, 0.4) is 0 Å². The lowest BCUT2D eigenvalue weighted by molar-refractivity contribution is -0.124. The predicted molar refractivity (Wildman–Crippen MR) is 60.0 cm³/mol. The van der Waals surface area contributed by atoms with Crippen molar-refractivity contribution in [3.05, 3.63) is 0 Å². The molecule has 2 atom stereocenters. The second-order valence-electron chi connectivity index (χ2n) is 3.98. The molecular formula is C11H24N2O. The van der Waals surface area contributed by atoms with E-state index in [0.717, 1.165) is 32.1 Å². The Morgan fingerprint density at radius 3 is 2.43 bits per heavy atom. The summed E-state index contributed by atoms with van der Waals surface area (Å²) in [5.41, 5.74) is 11.2. The number of unbranched alkanes of at least 4 members (excludes halogenated alkanes) is 1. The van der Waals surface area contributed by atoms with Gasteiger partial charge in [-0.1, -0.05) is 26.7 Å². The zero-order valence-corrected chi connectivity index (χ0v) is 9.46. The minimum atomic E-state index is -0.275. The molecule has 0 radical (unpaired) electrons. The standard InChI is InChI=1S/C11H24N2O/c1-3-6-9(2)11(14)10(13)7-4-5-8-12/h9-10H,3-8,12-13H2,1-2H3/t9?,10-/m0/s1. The normalized spacial score (nSPS) is 15.1. The van der Waals surface area contributed by atoms with Crippen molar-refractivity contribution in [1.29, 1.82) is 0 Å². The molecule has 1 unspecified atom stereocenters. The minimum Gasteiger partial charge on any atom is -0.330 e. The summed E-state index contributed by atoms with van der Waals surface area (Å²) in [5, 5.41) is 0.